The highest BCUT2D eigenvalue weighted by molar-refractivity contribution is 5.87. The third-order valence-corrected chi connectivity index (χ3v) is 4.83. The summed E-state index contributed by atoms with van der Waals surface area (Å²) >= 11 is 0. The Hall–Kier alpha value is -3.49. The molecule has 0 unspecified atom stereocenters. The number of H-pyrrole nitrogens is 1. The first-order valence-corrected chi connectivity index (χ1v) is 8.46. The number of aromatic amines is 1. The van der Waals surface area contributed by atoms with Gasteiger partial charge >= 0.3 is 5.97 Å². The van der Waals surface area contributed by atoms with Gasteiger partial charge in [0.1, 0.15) is 28.6 Å². The van der Waals surface area contributed by atoms with Crippen LogP contribution in [0.4, 0.5) is 14.5 Å². The van der Waals surface area contributed by atoms with E-state index >= 15 is 0 Å². The van der Waals surface area contributed by atoms with Crippen LogP contribution in [0.15, 0.2) is 30.3 Å². The van der Waals surface area contributed by atoms with Crippen molar-refractivity contribution in [2.24, 2.45) is 0 Å². The van der Waals surface area contributed by atoms with Crippen LogP contribution in [0.25, 0.3) is 22.6 Å². The molecule has 4 N–H and O–H groups in total. The number of hydrogen-bond acceptors (Lipinski definition) is 6. The minimum atomic E-state index is -0.936. The van der Waals surface area contributed by atoms with E-state index in [1.54, 1.807) is 0 Å². The number of aromatic nitrogens is 3. The Morgan fingerprint density at radius 3 is 2.61 bits per heavy atom. The first-order valence-electron chi connectivity index (χ1n) is 8.46. The molecule has 2 heterocycles. The molecule has 0 spiro atoms. The van der Waals surface area contributed by atoms with Crippen molar-refractivity contribution < 1.29 is 23.4 Å². The zero-order valence-electron chi connectivity index (χ0n) is 14.8. The maximum Gasteiger partial charge on any atom is 0.319 e. The SMILES string of the molecule is COC(=O)C1(c2nc(-c3ccc(N)c(O)n3)c(-c3ccc(F)cc3F)[nH]2)CC1. The van der Waals surface area contributed by atoms with E-state index in [0.717, 1.165) is 12.1 Å². The summed E-state index contributed by atoms with van der Waals surface area (Å²) in [5.74, 6) is -2.09. The zero-order valence-corrected chi connectivity index (χ0v) is 14.8. The van der Waals surface area contributed by atoms with Crippen molar-refractivity contribution in [2.75, 3.05) is 12.8 Å². The van der Waals surface area contributed by atoms with Crippen molar-refractivity contribution in [1.29, 1.82) is 0 Å². The molecule has 144 valence electrons. The Balaban J connectivity index is 1.93. The van der Waals surface area contributed by atoms with Gasteiger partial charge in [-0.25, -0.2) is 18.7 Å². The first-order chi connectivity index (χ1) is 13.4. The molecule has 0 atom stereocenters. The summed E-state index contributed by atoms with van der Waals surface area (Å²) in [5, 5.41) is 9.85. The molecule has 1 aliphatic rings. The highest BCUT2D eigenvalue weighted by atomic mass is 19.1. The van der Waals surface area contributed by atoms with Gasteiger partial charge in [0.15, 0.2) is 0 Å². The predicted molar refractivity (Wildman–Crippen MR) is 96.2 cm³/mol. The first kappa shape index (κ1) is 17.9. The van der Waals surface area contributed by atoms with Gasteiger partial charge in [-0.1, -0.05) is 0 Å². The normalized spacial score (nSPS) is 14.7. The second-order valence-electron chi connectivity index (χ2n) is 6.62. The Kier molecular flexibility index (Phi) is 4.02. The number of pyridine rings is 1. The van der Waals surface area contributed by atoms with Crippen LogP contribution in [-0.4, -0.2) is 33.1 Å². The molecular formula is C19H16F2N4O3. The van der Waals surface area contributed by atoms with Gasteiger partial charge in [-0.3, -0.25) is 4.79 Å². The van der Waals surface area contributed by atoms with Gasteiger partial charge in [-0.15, -0.1) is 0 Å². The van der Waals surface area contributed by atoms with Crippen molar-refractivity contribution in [2.45, 2.75) is 18.3 Å². The molecule has 0 amide bonds. The van der Waals surface area contributed by atoms with Crippen LogP contribution in [0, 0.1) is 11.6 Å². The number of benzene rings is 1. The predicted octanol–water partition coefficient (Wildman–Crippen LogP) is 2.91. The fourth-order valence-electron chi connectivity index (χ4n) is 3.12. The van der Waals surface area contributed by atoms with E-state index in [0.29, 0.717) is 18.7 Å². The standard InChI is InChI=1S/C19H16F2N4O3/c1-28-18(27)19(6-7-19)17-24-14(10-3-2-9(20)8-11(10)21)15(25-17)13-5-4-12(22)16(26)23-13/h2-5,8H,6-7,22H2,1H3,(H,23,26)(H,24,25). The van der Waals surface area contributed by atoms with E-state index < -0.39 is 28.9 Å². The summed E-state index contributed by atoms with van der Waals surface area (Å²) in [4.78, 5) is 23.7. The van der Waals surface area contributed by atoms with Gasteiger partial charge in [-0.05, 0) is 37.1 Å². The van der Waals surface area contributed by atoms with Gasteiger partial charge in [0.05, 0.1) is 24.2 Å². The summed E-state index contributed by atoms with van der Waals surface area (Å²) in [5.41, 5.74) is 5.40. The number of halogens is 2. The fraction of sp³-hybridized carbons (Fsp3) is 0.211. The lowest BCUT2D eigenvalue weighted by atomic mass is 10.1. The third-order valence-electron chi connectivity index (χ3n) is 4.83. The summed E-state index contributed by atoms with van der Waals surface area (Å²) in [7, 11) is 1.28. The van der Waals surface area contributed by atoms with Crippen molar-refractivity contribution in [3.05, 3.63) is 47.8 Å². The molecule has 0 aliphatic heterocycles. The second-order valence-corrected chi connectivity index (χ2v) is 6.62. The molecule has 9 heteroatoms. The number of nitrogens with zero attached hydrogens (tertiary/aromatic N) is 2. The fourth-order valence-corrected chi connectivity index (χ4v) is 3.12. The van der Waals surface area contributed by atoms with Gasteiger partial charge in [-0.2, -0.15) is 0 Å². The maximum atomic E-state index is 14.5. The van der Waals surface area contributed by atoms with Gasteiger partial charge in [0.2, 0.25) is 5.88 Å². The monoisotopic (exact) mass is 386 g/mol. The quantitative estimate of drug-likeness (QED) is 0.594. The smallest absolute Gasteiger partial charge is 0.319 e. The minimum Gasteiger partial charge on any atom is -0.492 e. The van der Waals surface area contributed by atoms with E-state index in [1.807, 2.05) is 0 Å². The highest BCUT2D eigenvalue weighted by Gasteiger charge is 2.55. The van der Waals surface area contributed by atoms with Crippen LogP contribution >= 0.6 is 0 Å². The van der Waals surface area contributed by atoms with Gasteiger partial charge in [0.25, 0.3) is 0 Å². The number of nitrogens with two attached hydrogens (primary N) is 1. The molecule has 1 aromatic carbocycles. The topological polar surface area (TPSA) is 114 Å². The lowest BCUT2D eigenvalue weighted by Crippen LogP contribution is -2.23. The number of rotatable bonds is 4. The van der Waals surface area contributed by atoms with Crippen LogP contribution in [0.3, 0.4) is 0 Å². The van der Waals surface area contributed by atoms with E-state index in [9.17, 15) is 18.7 Å². The van der Waals surface area contributed by atoms with E-state index in [1.165, 1.54) is 25.3 Å². The molecule has 2 aromatic heterocycles. The molecule has 28 heavy (non-hydrogen) atoms. The molecule has 3 aromatic rings. The van der Waals surface area contributed by atoms with Crippen LogP contribution in [0.2, 0.25) is 0 Å². The molecule has 0 saturated heterocycles. The Bertz CT molecular complexity index is 1090. The number of nitrogen functional groups attached to an aromatic ring is 1. The molecule has 1 fully saturated rings. The summed E-state index contributed by atoms with van der Waals surface area (Å²) in [6.07, 6.45) is 1.05. The average Bonchev–Trinajstić information content (AvgIpc) is 3.36. The second kappa shape index (κ2) is 6.29. The van der Waals surface area contributed by atoms with Crippen molar-refractivity contribution in [3.63, 3.8) is 0 Å². The molecule has 4 rings (SSSR count). The average molecular weight is 386 g/mol. The highest BCUT2D eigenvalue weighted by Crippen LogP contribution is 2.49. The summed E-state index contributed by atoms with van der Waals surface area (Å²) in [6.45, 7) is 0. The zero-order chi connectivity index (χ0) is 20.1. The minimum absolute atomic E-state index is 0.0499. The number of esters is 1. The van der Waals surface area contributed by atoms with Crippen LogP contribution in [0.1, 0.15) is 18.7 Å². The summed E-state index contributed by atoms with van der Waals surface area (Å²) < 4.78 is 32.7. The van der Waals surface area contributed by atoms with Crippen molar-refractivity contribution >= 4 is 11.7 Å². The largest absolute Gasteiger partial charge is 0.492 e. The van der Waals surface area contributed by atoms with Crippen molar-refractivity contribution in [3.8, 4) is 28.5 Å². The van der Waals surface area contributed by atoms with Gasteiger partial charge < -0.3 is 20.6 Å². The maximum absolute atomic E-state index is 14.5. The number of aromatic hydroxyl groups is 1. The van der Waals surface area contributed by atoms with Crippen molar-refractivity contribution in [1.82, 2.24) is 15.0 Å². The molecule has 7 nitrogen and oxygen atoms in total. The molecular weight excluding hydrogens is 370 g/mol. The Labute approximate surface area is 158 Å². The number of methoxy groups -OCH3 is 1. The molecule has 1 saturated carbocycles. The Morgan fingerprint density at radius 2 is 2.00 bits per heavy atom. The number of anilines is 1. The Morgan fingerprint density at radius 1 is 1.25 bits per heavy atom. The molecule has 0 radical (unpaired) electrons. The number of carbonyl (C=O) groups excluding carboxylic acids is 1. The molecule has 1 aliphatic carbocycles. The number of ether oxygens (including phenoxy) is 1. The van der Waals surface area contributed by atoms with E-state index in [-0.39, 0.29) is 28.3 Å². The van der Waals surface area contributed by atoms with E-state index in [4.69, 9.17) is 10.5 Å². The third kappa shape index (κ3) is 2.75. The molecule has 0 bridgehead atoms. The number of hydrogen-bond donors (Lipinski definition) is 3. The summed E-state index contributed by atoms with van der Waals surface area (Å²) in [6, 6.07) is 6.08. The number of carbonyl (C=O) groups is 1. The lowest BCUT2D eigenvalue weighted by molar-refractivity contribution is -0.143. The van der Waals surface area contributed by atoms with Crippen LogP contribution < -0.4 is 5.73 Å². The van der Waals surface area contributed by atoms with E-state index in [2.05, 4.69) is 15.0 Å². The van der Waals surface area contributed by atoms with Crippen LogP contribution in [0.5, 0.6) is 5.88 Å². The lowest BCUT2D eigenvalue weighted by Gasteiger charge is -2.08. The van der Waals surface area contributed by atoms with Crippen LogP contribution in [-0.2, 0) is 14.9 Å². The number of nitrogens with one attached hydrogen (secondary N) is 1. The number of imidazole rings is 1. The van der Waals surface area contributed by atoms with Gasteiger partial charge in [0, 0.05) is 11.6 Å².